The molecule has 2 aliphatic rings. The number of hydrogen-bond acceptors (Lipinski definition) is 2. The first kappa shape index (κ1) is 10.9. The van der Waals surface area contributed by atoms with Gasteiger partial charge >= 0.3 is 11.9 Å². The molecule has 0 aromatic heterocycles. The van der Waals surface area contributed by atoms with Crippen molar-refractivity contribution in [3.63, 3.8) is 0 Å². The Morgan fingerprint density at radius 3 is 2.44 bits per heavy atom. The van der Waals surface area contributed by atoms with Crippen molar-refractivity contribution in [2.24, 2.45) is 11.3 Å². The fraction of sp³-hybridized carbons (Fsp3) is 0.500. The fourth-order valence-electron chi connectivity index (χ4n) is 2.04. The fourth-order valence-corrected chi connectivity index (χ4v) is 2.04. The number of hydrogen-bond donors (Lipinski definition) is 2. The van der Waals surface area contributed by atoms with E-state index in [4.69, 9.17) is 10.2 Å². The van der Waals surface area contributed by atoms with Gasteiger partial charge in [-0.05, 0) is 43.8 Å². The van der Waals surface area contributed by atoms with Gasteiger partial charge in [0, 0.05) is 5.57 Å². The predicted octanol–water partition coefficient (Wildman–Crippen LogP) is 1.83. The Morgan fingerprint density at radius 1 is 1.38 bits per heavy atom. The maximum Gasteiger partial charge on any atom is 0.331 e. The lowest BCUT2D eigenvalue weighted by molar-refractivity contribution is -0.145. The van der Waals surface area contributed by atoms with Crippen LogP contribution < -0.4 is 0 Å². The van der Waals surface area contributed by atoms with Gasteiger partial charge in [0.25, 0.3) is 0 Å². The first-order chi connectivity index (χ1) is 7.42. The zero-order chi connectivity index (χ0) is 11.9. The van der Waals surface area contributed by atoms with Crippen molar-refractivity contribution in [2.75, 3.05) is 0 Å². The number of carboxylic acid groups (broad SMARTS) is 2. The molecule has 2 N–H and O–H groups in total. The van der Waals surface area contributed by atoms with Gasteiger partial charge in [-0.1, -0.05) is 6.08 Å². The van der Waals surface area contributed by atoms with Crippen molar-refractivity contribution >= 4 is 11.9 Å². The molecule has 2 aliphatic carbocycles. The molecule has 4 nitrogen and oxygen atoms in total. The molecule has 0 amide bonds. The summed E-state index contributed by atoms with van der Waals surface area (Å²) in [5, 5.41) is 18.1. The van der Waals surface area contributed by atoms with Crippen LogP contribution in [0, 0.1) is 11.3 Å². The van der Waals surface area contributed by atoms with Gasteiger partial charge < -0.3 is 10.2 Å². The highest BCUT2D eigenvalue weighted by molar-refractivity contribution is 5.90. The molecular formula is C12H14O4. The molecule has 1 saturated carbocycles. The van der Waals surface area contributed by atoms with Gasteiger partial charge in [-0.2, -0.15) is 0 Å². The number of carbonyl (C=O) groups is 2. The van der Waals surface area contributed by atoms with Gasteiger partial charge in [0.15, 0.2) is 0 Å². The minimum atomic E-state index is -1.07. The lowest BCUT2D eigenvalue weighted by Gasteiger charge is -2.26. The van der Waals surface area contributed by atoms with Crippen molar-refractivity contribution in [3.05, 3.63) is 23.3 Å². The summed E-state index contributed by atoms with van der Waals surface area (Å²) in [5.41, 5.74) is 0.0169. The van der Waals surface area contributed by atoms with Crippen LogP contribution in [0.25, 0.3) is 0 Å². The first-order valence-corrected chi connectivity index (χ1v) is 5.32. The maximum atomic E-state index is 11.2. The topological polar surface area (TPSA) is 74.6 Å². The van der Waals surface area contributed by atoms with Crippen LogP contribution >= 0.6 is 0 Å². The summed E-state index contributed by atoms with van der Waals surface area (Å²) in [6.45, 7) is 1.58. The van der Waals surface area contributed by atoms with E-state index in [9.17, 15) is 9.59 Å². The van der Waals surface area contributed by atoms with E-state index < -0.39 is 17.4 Å². The summed E-state index contributed by atoms with van der Waals surface area (Å²) >= 11 is 0. The zero-order valence-electron chi connectivity index (χ0n) is 9.06. The maximum absolute atomic E-state index is 11.2. The van der Waals surface area contributed by atoms with E-state index in [1.165, 1.54) is 0 Å². The smallest absolute Gasteiger partial charge is 0.331 e. The Morgan fingerprint density at radius 2 is 2.00 bits per heavy atom. The quantitative estimate of drug-likeness (QED) is 0.763. The van der Waals surface area contributed by atoms with E-state index in [2.05, 4.69) is 0 Å². The number of allylic oxidation sites excluding steroid dienone is 2. The highest BCUT2D eigenvalue weighted by Crippen LogP contribution is 2.44. The summed E-state index contributed by atoms with van der Waals surface area (Å²) in [5.74, 6) is -1.61. The third-order valence-electron chi connectivity index (χ3n) is 3.20. The molecule has 0 radical (unpaired) electrons. The standard InChI is InChI=1S/C12H14O4/c1-12(11(15)16)5-8(7-2-3-7)4-9(6-12)10(13)14/h4-5,7H,2-3,6H2,1H3,(H,13,14)(H,15,16). The summed E-state index contributed by atoms with van der Waals surface area (Å²) in [6, 6.07) is 0. The van der Waals surface area contributed by atoms with E-state index in [1.807, 2.05) is 0 Å². The Bertz CT molecular complexity index is 415. The molecule has 86 valence electrons. The largest absolute Gasteiger partial charge is 0.481 e. The van der Waals surface area contributed by atoms with E-state index in [1.54, 1.807) is 19.1 Å². The Balaban J connectivity index is 2.37. The molecule has 1 unspecified atom stereocenters. The SMILES string of the molecule is CC1(C(=O)O)C=C(C2CC2)C=C(C(=O)O)C1. The lowest BCUT2D eigenvalue weighted by atomic mass is 9.77. The molecule has 0 heterocycles. The molecule has 1 atom stereocenters. The molecule has 1 fully saturated rings. The van der Waals surface area contributed by atoms with E-state index in [0.717, 1.165) is 18.4 Å². The van der Waals surface area contributed by atoms with Gasteiger partial charge in [0.1, 0.15) is 0 Å². The van der Waals surface area contributed by atoms with Crippen molar-refractivity contribution in [2.45, 2.75) is 26.2 Å². The first-order valence-electron chi connectivity index (χ1n) is 5.32. The Kier molecular flexibility index (Phi) is 2.37. The molecule has 16 heavy (non-hydrogen) atoms. The third kappa shape index (κ3) is 1.87. The zero-order valence-corrected chi connectivity index (χ0v) is 9.06. The summed E-state index contributed by atoms with van der Waals surface area (Å²) in [7, 11) is 0. The number of aliphatic carboxylic acids is 2. The van der Waals surface area contributed by atoms with Crippen molar-refractivity contribution in [1.82, 2.24) is 0 Å². The average Bonchev–Trinajstić information content (AvgIpc) is 2.99. The van der Waals surface area contributed by atoms with Gasteiger partial charge in [-0.15, -0.1) is 0 Å². The van der Waals surface area contributed by atoms with Gasteiger partial charge in [-0.3, -0.25) is 4.79 Å². The molecule has 4 heteroatoms. The molecule has 0 bridgehead atoms. The van der Waals surface area contributed by atoms with Gasteiger partial charge in [0.05, 0.1) is 5.41 Å². The molecule has 0 aromatic rings. The molecule has 0 aromatic carbocycles. The highest BCUT2D eigenvalue weighted by Gasteiger charge is 2.39. The predicted molar refractivity (Wildman–Crippen MR) is 56.9 cm³/mol. The van der Waals surface area contributed by atoms with Crippen molar-refractivity contribution in [1.29, 1.82) is 0 Å². The van der Waals surface area contributed by atoms with Crippen molar-refractivity contribution in [3.8, 4) is 0 Å². The van der Waals surface area contributed by atoms with Crippen LogP contribution in [-0.4, -0.2) is 22.2 Å². The lowest BCUT2D eigenvalue weighted by Crippen LogP contribution is -2.30. The van der Waals surface area contributed by atoms with E-state index in [-0.39, 0.29) is 12.0 Å². The van der Waals surface area contributed by atoms with Crippen LogP contribution in [-0.2, 0) is 9.59 Å². The van der Waals surface area contributed by atoms with Crippen LogP contribution in [0.4, 0.5) is 0 Å². The van der Waals surface area contributed by atoms with E-state index >= 15 is 0 Å². The van der Waals surface area contributed by atoms with Gasteiger partial charge in [-0.25, -0.2) is 4.79 Å². The molecule has 0 spiro atoms. The second kappa shape index (κ2) is 3.47. The molecule has 0 saturated heterocycles. The van der Waals surface area contributed by atoms with E-state index in [0.29, 0.717) is 5.92 Å². The summed E-state index contributed by atoms with van der Waals surface area (Å²) in [6.07, 6.45) is 5.49. The average molecular weight is 222 g/mol. The minimum absolute atomic E-state index is 0.0634. The van der Waals surface area contributed by atoms with Crippen LogP contribution in [0.3, 0.4) is 0 Å². The van der Waals surface area contributed by atoms with Crippen LogP contribution in [0.1, 0.15) is 26.2 Å². The Labute approximate surface area is 93.3 Å². The van der Waals surface area contributed by atoms with Crippen LogP contribution in [0.2, 0.25) is 0 Å². The minimum Gasteiger partial charge on any atom is -0.481 e. The Hall–Kier alpha value is -1.58. The molecule has 2 rings (SSSR count). The summed E-state index contributed by atoms with van der Waals surface area (Å²) < 4.78 is 0. The summed E-state index contributed by atoms with van der Waals surface area (Å²) in [4.78, 5) is 22.1. The van der Waals surface area contributed by atoms with Gasteiger partial charge in [0.2, 0.25) is 0 Å². The monoisotopic (exact) mass is 222 g/mol. The van der Waals surface area contributed by atoms with Crippen LogP contribution in [0.5, 0.6) is 0 Å². The third-order valence-corrected chi connectivity index (χ3v) is 3.20. The second-order valence-corrected chi connectivity index (χ2v) is 4.79. The number of rotatable bonds is 3. The highest BCUT2D eigenvalue weighted by atomic mass is 16.4. The normalized spacial score (nSPS) is 29.3. The molecular weight excluding hydrogens is 208 g/mol. The van der Waals surface area contributed by atoms with Crippen molar-refractivity contribution < 1.29 is 19.8 Å². The molecule has 0 aliphatic heterocycles. The van der Waals surface area contributed by atoms with Crippen LogP contribution in [0.15, 0.2) is 23.3 Å². The second-order valence-electron chi connectivity index (χ2n) is 4.79. The number of carboxylic acids is 2.